The van der Waals surface area contributed by atoms with E-state index in [-0.39, 0.29) is 19.1 Å². The van der Waals surface area contributed by atoms with Gasteiger partial charge < -0.3 is 20.0 Å². The highest BCUT2D eigenvalue weighted by molar-refractivity contribution is 5.80. The van der Waals surface area contributed by atoms with Crippen LogP contribution >= 0.6 is 0 Å². The Labute approximate surface area is 106 Å². The molecule has 0 aromatic heterocycles. The molecule has 0 spiro atoms. The lowest BCUT2D eigenvalue weighted by Gasteiger charge is -2.37. The van der Waals surface area contributed by atoms with Crippen LogP contribution in [-0.4, -0.2) is 63.8 Å². The fraction of sp³-hybridized carbons (Fsp3) is 0.667. The number of urea groups is 1. The second-order valence-corrected chi connectivity index (χ2v) is 4.83. The monoisotopic (exact) mass is 256 g/mol. The summed E-state index contributed by atoms with van der Waals surface area (Å²) in [7, 11) is 0. The van der Waals surface area contributed by atoms with Gasteiger partial charge >= 0.3 is 12.0 Å². The molecule has 0 radical (unpaired) electrons. The zero-order valence-corrected chi connectivity index (χ0v) is 10.6. The van der Waals surface area contributed by atoms with Crippen molar-refractivity contribution in [2.45, 2.75) is 25.4 Å². The van der Waals surface area contributed by atoms with Crippen LogP contribution in [0.4, 0.5) is 4.79 Å². The van der Waals surface area contributed by atoms with E-state index in [9.17, 15) is 14.7 Å². The number of hydrogen-bond acceptors (Lipinski definition) is 3. The first-order valence-electron chi connectivity index (χ1n) is 5.94. The average molecular weight is 256 g/mol. The molecule has 0 atom stereocenters. The van der Waals surface area contributed by atoms with Gasteiger partial charge in [-0.05, 0) is 19.8 Å². The molecule has 0 aromatic rings. The van der Waals surface area contributed by atoms with E-state index in [4.69, 9.17) is 5.11 Å². The summed E-state index contributed by atoms with van der Waals surface area (Å²) >= 11 is 0. The van der Waals surface area contributed by atoms with Crippen molar-refractivity contribution in [1.29, 1.82) is 0 Å². The van der Waals surface area contributed by atoms with Crippen molar-refractivity contribution in [3.63, 3.8) is 0 Å². The number of nitrogens with zero attached hydrogens (tertiary/aromatic N) is 2. The average Bonchev–Trinajstić information content (AvgIpc) is 2.27. The van der Waals surface area contributed by atoms with E-state index in [0.717, 1.165) is 0 Å². The Morgan fingerprint density at radius 2 is 2.00 bits per heavy atom. The van der Waals surface area contributed by atoms with Crippen LogP contribution in [0.25, 0.3) is 0 Å². The van der Waals surface area contributed by atoms with Crippen LogP contribution in [0, 0.1) is 0 Å². The van der Waals surface area contributed by atoms with Gasteiger partial charge in [0.15, 0.2) is 0 Å². The van der Waals surface area contributed by atoms with E-state index in [1.165, 1.54) is 11.0 Å². The summed E-state index contributed by atoms with van der Waals surface area (Å²) < 4.78 is 0. The number of likely N-dealkylation sites (tertiary alicyclic amines) is 1. The standard InChI is InChI=1S/C12H20N2O4/c1-3-6-14(9-10(15)16)11(17)13-7-4-12(2,18)5-8-13/h3,18H,1,4-9H2,2H3,(H,15,16). The molecule has 102 valence electrons. The van der Waals surface area contributed by atoms with Gasteiger partial charge in [0.2, 0.25) is 0 Å². The van der Waals surface area contributed by atoms with Crippen molar-refractivity contribution < 1.29 is 19.8 Å². The number of piperidine rings is 1. The number of aliphatic carboxylic acids is 1. The Hall–Kier alpha value is -1.56. The fourth-order valence-corrected chi connectivity index (χ4v) is 1.91. The second-order valence-electron chi connectivity index (χ2n) is 4.83. The van der Waals surface area contributed by atoms with E-state index < -0.39 is 11.6 Å². The van der Waals surface area contributed by atoms with Gasteiger partial charge in [-0.1, -0.05) is 6.08 Å². The van der Waals surface area contributed by atoms with Gasteiger partial charge in [0.25, 0.3) is 0 Å². The summed E-state index contributed by atoms with van der Waals surface area (Å²) in [5.74, 6) is -1.05. The molecular weight excluding hydrogens is 236 g/mol. The van der Waals surface area contributed by atoms with Gasteiger partial charge in [-0.2, -0.15) is 0 Å². The lowest BCUT2D eigenvalue weighted by Crippen LogP contribution is -2.51. The van der Waals surface area contributed by atoms with Gasteiger partial charge in [0.1, 0.15) is 6.54 Å². The number of aliphatic hydroxyl groups is 1. The van der Waals surface area contributed by atoms with Gasteiger partial charge in [-0.15, -0.1) is 6.58 Å². The van der Waals surface area contributed by atoms with Crippen molar-refractivity contribution in [3.05, 3.63) is 12.7 Å². The summed E-state index contributed by atoms with van der Waals surface area (Å²) in [5, 5.41) is 18.6. The van der Waals surface area contributed by atoms with Crippen molar-refractivity contribution in [2.75, 3.05) is 26.2 Å². The highest BCUT2D eigenvalue weighted by atomic mass is 16.4. The molecule has 0 bridgehead atoms. The maximum Gasteiger partial charge on any atom is 0.323 e. The third kappa shape index (κ3) is 4.03. The third-order valence-corrected chi connectivity index (χ3v) is 3.06. The zero-order valence-electron chi connectivity index (χ0n) is 10.6. The van der Waals surface area contributed by atoms with E-state index in [2.05, 4.69) is 6.58 Å². The first kappa shape index (κ1) is 14.5. The fourth-order valence-electron chi connectivity index (χ4n) is 1.91. The summed E-state index contributed by atoms with van der Waals surface area (Å²) in [5.41, 5.74) is -0.729. The minimum absolute atomic E-state index is 0.206. The number of hydrogen-bond donors (Lipinski definition) is 2. The molecule has 6 heteroatoms. The number of rotatable bonds is 4. The molecule has 2 amide bonds. The molecule has 6 nitrogen and oxygen atoms in total. The number of carboxylic acid groups (broad SMARTS) is 1. The van der Waals surface area contributed by atoms with Crippen LogP contribution in [0.2, 0.25) is 0 Å². The Morgan fingerprint density at radius 1 is 1.44 bits per heavy atom. The maximum atomic E-state index is 12.1. The molecule has 1 aliphatic rings. The molecule has 2 N–H and O–H groups in total. The predicted octanol–water partition coefficient (Wildman–Crippen LogP) is 0.526. The van der Waals surface area contributed by atoms with Crippen LogP contribution in [0.3, 0.4) is 0 Å². The third-order valence-electron chi connectivity index (χ3n) is 3.06. The number of carbonyl (C=O) groups excluding carboxylic acids is 1. The number of carbonyl (C=O) groups is 2. The molecule has 1 saturated heterocycles. The van der Waals surface area contributed by atoms with Gasteiger partial charge in [-0.25, -0.2) is 4.79 Å². The number of amides is 2. The van der Waals surface area contributed by atoms with Crippen LogP contribution < -0.4 is 0 Å². The largest absolute Gasteiger partial charge is 0.480 e. The first-order valence-corrected chi connectivity index (χ1v) is 5.94. The Kier molecular flexibility index (Phi) is 4.72. The normalized spacial score (nSPS) is 18.2. The topological polar surface area (TPSA) is 81.1 Å². The predicted molar refractivity (Wildman–Crippen MR) is 66.2 cm³/mol. The summed E-state index contributed by atoms with van der Waals surface area (Å²) in [6.45, 7) is 6.01. The van der Waals surface area contributed by atoms with Crippen LogP contribution in [0.15, 0.2) is 12.7 Å². The molecule has 0 saturated carbocycles. The van der Waals surface area contributed by atoms with E-state index in [0.29, 0.717) is 25.9 Å². The second kappa shape index (κ2) is 5.86. The summed E-state index contributed by atoms with van der Waals surface area (Å²) in [4.78, 5) is 25.6. The van der Waals surface area contributed by atoms with E-state index in [1.807, 2.05) is 0 Å². The molecule has 1 heterocycles. The van der Waals surface area contributed by atoms with Gasteiger partial charge in [0.05, 0.1) is 5.60 Å². The minimum atomic E-state index is -1.05. The molecule has 1 aliphatic heterocycles. The van der Waals surface area contributed by atoms with Gasteiger partial charge in [0, 0.05) is 19.6 Å². The molecule has 0 unspecified atom stereocenters. The van der Waals surface area contributed by atoms with Gasteiger partial charge in [-0.3, -0.25) is 4.79 Å². The molecular formula is C12H20N2O4. The SMILES string of the molecule is C=CCN(CC(=O)O)C(=O)N1CCC(C)(O)CC1. The summed E-state index contributed by atoms with van der Waals surface area (Å²) in [6.07, 6.45) is 2.52. The minimum Gasteiger partial charge on any atom is -0.480 e. The van der Waals surface area contributed by atoms with Crippen molar-refractivity contribution in [2.24, 2.45) is 0 Å². The highest BCUT2D eigenvalue weighted by Crippen LogP contribution is 2.21. The van der Waals surface area contributed by atoms with Crippen molar-refractivity contribution >= 4 is 12.0 Å². The molecule has 1 fully saturated rings. The molecule has 18 heavy (non-hydrogen) atoms. The van der Waals surface area contributed by atoms with Crippen LogP contribution in [-0.2, 0) is 4.79 Å². The number of carboxylic acids is 1. The molecule has 0 aromatic carbocycles. The zero-order chi connectivity index (χ0) is 13.8. The summed E-state index contributed by atoms with van der Waals surface area (Å²) in [6, 6.07) is -0.312. The molecule has 0 aliphatic carbocycles. The quantitative estimate of drug-likeness (QED) is 0.719. The molecule has 1 rings (SSSR count). The lowest BCUT2D eigenvalue weighted by atomic mass is 9.94. The maximum absolute atomic E-state index is 12.1. The first-order chi connectivity index (χ1) is 8.35. The van der Waals surface area contributed by atoms with Crippen LogP contribution in [0.5, 0.6) is 0 Å². The highest BCUT2D eigenvalue weighted by Gasteiger charge is 2.31. The van der Waals surface area contributed by atoms with E-state index in [1.54, 1.807) is 11.8 Å². The van der Waals surface area contributed by atoms with Crippen molar-refractivity contribution in [1.82, 2.24) is 9.80 Å². The van der Waals surface area contributed by atoms with Crippen LogP contribution in [0.1, 0.15) is 19.8 Å². The van der Waals surface area contributed by atoms with E-state index >= 15 is 0 Å². The Morgan fingerprint density at radius 3 is 2.44 bits per heavy atom. The lowest BCUT2D eigenvalue weighted by molar-refractivity contribution is -0.137. The Bertz CT molecular complexity index is 331. The Balaban J connectivity index is 2.60. The van der Waals surface area contributed by atoms with Crippen molar-refractivity contribution in [3.8, 4) is 0 Å². The smallest absolute Gasteiger partial charge is 0.323 e.